The molecule has 0 atom stereocenters. The molecule has 0 unspecified atom stereocenters. The molecule has 0 radical (unpaired) electrons. The van der Waals surface area contributed by atoms with Crippen molar-refractivity contribution in [3.8, 4) is 0 Å². The number of halogens is 3. The molecule has 10 heteroatoms. The van der Waals surface area contributed by atoms with Crippen LogP contribution in [0.2, 0.25) is 0 Å². The highest BCUT2D eigenvalue weighted by Gasteiger charge is 2.34. The summed E-state index contributed by atoms with van der Waals surface area (Å²) in [5.41, 5.74) is 0. The lowest BCUT2D eigenvalue weighted by molar-refractivity contribution is 0.111. The van der Waals surface area contributed by atoms with Crippen LogP contribution >= 0.6 is 34.8 Å². The van der Waals surface area contributed by atoms with E-state index in [4.69, 9.17) is 34.8 Å². The zero-order valence-electron chi connectivity index (χ0n) is 14.1. The van der Waals surface area contributed by atoms with Crippen LogP contribution in [0.3, 0.4) is 0 Å². The van der Waals surface area contributed by atoms with Crippen LogP contribution in [0.25, 0.3) is 0 Å². The Hall–Kier alpha value is -1.18. The molecule has 1 saturated carbocycles. The summed E-state index contributed by atoms with van der Waals surface area (Å²) in [6.45, 7) is -0.135. The van der Waals surface area contributed by atoms with Gasteiger partial charge < -0.3 is 20.2 Å². The van der Waals surface area contributed by atoms with Crippen LogP contribution in [0, 0.1) is 0 Å². The molecule has 1 aliphatic rings. The third kappa shape index (κ3) is 6.24. The summed E-state index contributed by atoms with van der Waals surface area (Å²) in [5.74, 6) is 1.40. The number of carboxylic acid groups (broad SMARTS) is 1. The number of hydrogen-bond acceptors (Lipinski definition) is 5. The maximum atomic E-state index is 11.5. The minimum Gasteiger partial charge on any atom is -0.465 e. The van der Waals surface area contributed by atoms with Crippen molar-refractivity contribution < 1.29 is 9.90 Å². The number of nitrogens with one attached hydrogen (secondary N) is 1. The van der Waals surface area contributed by atoms with Gasteiger partial charge in [0.15, 0.2) is 0 Å². The summed E-state index contributed by atoms with van der Waals surface area (Å²) in [7, 11) is 3.84. The molecule has 0 aromatic carbocycles. The highest BCUT2D eigenvalue weighted by Crippen LogP contribution is 2.31. The number of hydrogen-bond donors (Lipinski definition) is 2. The summed E-state index contributed by atoms with van der Waals surface area (Å²) in [4.78, 5) is 23.3. The van der Waals surface area contributed by atoms with Gasteiger partial charge in [-0.1, -0.05) is 34.8 Å². The van der Waals surface area contributed by atoms with Gasteiger partial charge in [0.1, 0.15) is 5.82 Å². The quantitative estimate of drug-likeness (QED) is 0.722. The van der Waals surface area contributed by atoms with Crippen molar-refractivity contribution in [2.75, 3.05) is 30.9 Å². The molecule has 2 N–H and O–H groups in total. The SMILES string of the molecule is CN(C)c1ccnc(N[C@H]2CC[C@@H](N(CC(Cl)(Cl)Cl)C(=O)O)CC2)n1. The highest BCUT2D eigenvalue weighted by molar-refractivity contribution is 6.67. The fourth-order valence-corrected chi connectivity index (χ4v) is 3.31. The normalized spacial score (nSPS) is 20.8. The molecule has 0 aliphatic heterocycles. The van der Waals surface area contributed by atoms with E-state index in [1.807, 2.05) is 25.1 Å². The molecule has 0 bridgehead atoms. The first-order chi connectivity index (χ1) is 11.7. The lowest BCUT2D eigenvalue weighted by Crippen LogP contribution is -2.46. The molecule has 25 heavy (non-hydrogen) atoms. The summed E-state index contributed by atoms with van der Waals surface area (Å²) in [5, 5.41) is 12.7. The number of rotatable bonds is 5. The zero-order valence-corrected chi connectivity index (χ0v) is 16.4. The van der Waals surface area contributed by atoms with E-state index in [0.29, 0.717) is 18.8 Å². The monoisotopic (exact) mass is 409 g/mol. The van der Waals surface area contributed by atoms with Crippen LogP contribution < -0.4 is 10.2 Å². The average Bonchev–Trinajstić information content (AvgIpc) is 2.53. The minimum atomic E-state index is -1.62. The largest absolute Gasteiger partial charge is 0.465 e. The van der Waals surface area contributed by atoms with E-state index in [9.17, 15) is 9.90 Å². The minimum absolute atomic E-state index is 0.135. The van der Waals surface area contributed by atoms with Crippen LogP contribution in [0.5, 0.6) is 0 Å². The maximum absolute atomic E-state index is 11.5. The standard InChI is InChI=1S/C15H22Cl3N5O2/c1-22(2)12-7-8-19-13(21-12)20-10-3-5-11(6-4-10)23(14(24)25)9-15(16,17)18/h7-8,10-11H,3-6,9H2,1-2H3,(H,24,25)(H,19,20,21)/t10-,11+. The summed E-state index contributed by atoms with van der Waals surface area (Å²) in [6.07, 6.45) is 3.62. The summed E-state index contributed by atoms with van der Waals surface area (Å²) >= 11 is 17.3. The summed E-state index contributed by atoms with van der Waals surface area (Å²) in [6, 6.07) is 1.88. The first kappa shape index (κ1) is 20.1. The molecule has 140 valence electrons. The lowest BCUT2D eigenvalue weighted by atomic mass is 9.90. The van der Waals surface area contributed by atoms with Crippen molar-refractivity contribution in [2.45, 2.75) is 41.6 Å². The molecule has 1 aromatic rings. The second-order valence-electron chi connectivity index (χ2n) is 6.31. The number of carbonyl (C=O) groups is 1. The van der Waals surface area contributed by atoms with Crippen LogP contribution in [0.4, 0.5) is 16.6 Å². The Morgan fingerprint density at radius 1 is 1.32 bits per heavy atom. The fourth-order valence-electron chi connectivity index (χ4n) is 2.93. The van der Waals surface area contributed by atoms with Gasteiger partial charge in [0, 0.05) is 32.4 Å². The highest BCUT2D eigenvalue weighted by atomic mass is 35.6. The molecular formula is C15H22Cl3N5O2. The smallest absolute Gasteiger partial charge is 0.407 e. The van der Waals surface area contributed by atoms with Gasteiger partial charge in [-0.25, -0.2) is 9.78 Å². The zero-order chi connectivity index (χ0) is 18.6. The summed E-state index contributed by atoms with van der Waals surface area (Å²) < 4.78 is -1.62. The third-order valence-electron chi connectivity index (χ3n) is 4.17. The Bertz CT molecular complexity index is 589. The van der Waals surface area contributed by atoms with E-state index in [-0.39, 0.29) is 18.6 Å². The predicted octanol–water partition coefficient (Wildman–Crippen LogP) is 3.62. The molecule has 7 nitrogen and oxygen atoms in total. The van der Waals surface area contributed by atoms with Crippen molar-refractivity contribution in [1.82, 2.24) is 14.9 Å². The van der Waals surface area contributed by atoms with Gasteiger partial charge in [0.2, 0.25) is 9.74 Å². The molecule has 2 rings (SSSR count). The van der Waals surface area contributed by atoms with Crippen molar-refractivity contribution in [3.63, 3.8) is 0 Å². The van der Waals surface area contributed by atoms with Crippen LogP contribution in [-0.4, -0.2) is 62.6 Å². The van der Waals surface area contributed by atoms with E-state index in [1.165, 1.54) is 4.90 Å². The number of anilines is 2. The van der Waals surface area contributed by atoms with Gasteiger partial charge in [-0.2, -0.15) is 4.98 Å². The fraction of sp³-hybridized carbons (Fsp3) is 0.667. The number of nitrogens with zero attached hydrogens (tertiary/aromatic N) is 4. The molecule has 0 saturated heterocycles. The Balaban J connectivity index is 1.92. The Morgan fingerprint density at radius 3 is 2.48 bits per heavy atom. The second-order valence-corrected chi connectivity index (χ2v) is 8.82. The van der Waals surface area contributed by atoms with Crippen LogP contribution in [0.15, 0.2) is 12.3 Å². The first-order valence-electron chi connectivity index (χ1n) is 7.99. The Morgan fingerprint density at radius 2 is 1.96 bits per heavy atom. The number of aromatic nitrogens is 2. The van der Waals surface area contributed by atoms with E-state index < -0.39 is 9.89 Å². The molecule has 1 heterocycles. The van der Waals surface area contributed by atoms with E-state index >= 15 is 0 Å². The second kappa shape index (κ2) is 8.47. The first-order valence-corrected chi connectivity index (χ1v) is 9.12. The molecule has 0 spiro atoms. The number of amides is 1. The molecular weight excluding hydrogens is 389 g/mol. The van der Waals surface area contributed by atoms with Crippen molar-refractivity contribution >= 4 is 52.7 Å². The van der Waals surface area contributed by atoms with Crippen LogP contribution in [0.1, 0.15) is 25.7 Å². The van der Waals surface area contributed by atoms with Gasteiger partial charge in [-0.05, 0) is 31.7 Å². The molecule has 1 aliphatic carbocycles. The van der Waals surface area contributed by atoms with Crippen molar-refractivity contribution in [3.05, 3.63) is 12.3 Å². The van der Waals surface area contributed by atoms with Gasteiger partial charge >= 0.3 is 6.09 Å². The number of alkyl halides is 3. The maximum Gasteiger partial charge on any atom is 0.407 e. The van der Waals surface area contributed by atoms with E-state index in [2.05, 4.69) is 15.3 Å². The Labute approximate surface area is 162 Å². The van der Waals surface area contributed by atoms with Crippen molar-refractivity contribution in [1.29, 1.82) is 0 Å². The Kier molecular flexibility index (Phi) is 6.82. The van der Waals surface area contributed by atoms with Gasteiger partial charge in [-0.3, -0.25) is 0 Å². The van der Waals surface area contributed by atoms with Crippen LogP contribution in [-0.2, 0) is 0 Å². The third-order valence-corrected chi connectivity index (χ3v) is 4.52. The topological polar surface area (TPSA) is 81.6 Å². The predicted molar refractivity (Wildman–Crippen MR) is 101 cm³/mol. The molecule has 1 aromatic heterocycles. The van der Waals surface area contributed by atoms with E-state index in [0.717, 1.165) is 18.7 Å². The van der Waals surface area contributed by atoms with Gasteiger partial charge in [0.05, 0.1) is 6.54 Å². The molecule has 1 fully saturated rings. The van der Waals surface area contributed by atoms with Gasteiger partial charge in [-0.15, -0.1) is 0 Å². The van der Waals surface area contributed by atoms with Gasteiger partial charge in [0.25, 0.3) is 0 Å². The average molecular weight is 411 g/mol. The molecule has 1 amide bonds. The van der Waals surface area contributed by atoms with E-state index in [1.54, 1.807) is 6.20 Å². The lowest BCUT2D eigenvalue weighted by Gasteiger charge is -2.36. The van der Waals surface area contributed by atoms with Crippen molar-refractivity contribution in [2.24, 2.45) is 0 Å².